The molecule has 0 spiro atoms. The molecule has 4 heteroatoms. The average molecular weight is 291 g/mol. The third-order valence-electron chi connectivity index (χ3n) is 2.88. The second-order valence-electron chi connectivity index (χ2n) is 4.94. The fourth-order valence-electron chi connectivity index (χ4n) is 1.92. The SMILES string of the molecule is CC(C)Oc1ccc(C(C)Nc2cccnc2Cl)cc1. The smallest absolute Gasteiger partial charge is 0.152 e. The fraction of sp³-hybridized carbons (Fsp3) is 0.312. The van der Waals surface area contributed by atoms with E-state index in [1.165, 1.54) is 5.56 Å². The van der Waals surface area contributed by atoms with Crippen LogP contribution in [0.25, 0.3) is 0 Å². The van der Waals surface area contributed by atoms with Gasteiger partial charge in [0.1, 0.15) is 5.75 Å². The number of rotatable bonds is 5. The van der Waals surface area contributed by atoms with Gasteiger partial charge >= 0.3 is 0 Å². The Labute approximate surface area is 124 Å². The highest BCUT2D eigenvalue weighted by Gasteiger charge is 2.08. The van der Waals surface area contributed by atoms with Gasteiger partial charge in [-0.2, -0.15) is 0 Å². The summed E-state index contributed by atoms with van der Waals surface area (Å²) in [5.41, 5.74) is 2.00. The zero-order chi connectivity index (χ0) is 14.5. The van der Waals surface area contributed by atoms with Gasteiger partial charge in [-0.1, -0.05) is 23.7 Å². The van der Waals surface area contributed by atoms with Gasteiger partial charge < -0.3 is 10.1 Å². The van der Waals surface area contributed by atoms with Crippen molar-refractivity contribution in [1.82, 2.24) is 4.98 Å². The Morgan fingerprint density at radius 3 is 2.40 bits per heavy atom. The van der Waals surface area contributed by atoms with Crippen molar-refractivity contribution in [3.63, 3.8) is 0 Å². The lowest BCUT2D eigenvalue weighted by molar-refractivity contribution is 0.242. The zero-order valence-corrected chi connectivity index (χ0v) is 12.7. The Morgan fingerprint density at radius 1 is 1.10 bits per heavy atom. The highest BCUT2D eigenvalue weighted by atomic mass is 35.5. The van der Waals surface area contributed by atoms with Crippen molar-refractivity contribution in [3.05, 3.63) is 53.3 Å². The zero-order valence-electron chi connectivity index (χ0n) is 11.9. The standard InChI is InChI=1S/C16H19ClN2O/c1-11(2)20-14-8-6-13(7-9-14)12(3)19-15-5-4-10-18-16(15)17/h4-12,19H,1-3H3. The quantitative estimate of drug-likeness (QED) is 0.811. The maximum absolute atomic E-state index is 6.04. The highest BCUT2D eigenvalue weighted by Crippen LogP contribution is 2.25. The molecule has 0 bridgehead atoms. The van der Waals surface area contributed by atoms with Crippen LogP contribution in [0, 0.1) is 0 Å². The summed E-state index contributed by atoms with van der Waals surface area (Å²) in [6.45, 7) is 6.12. The Kier molecular flexibility index (Phi) is 4.85. The second kappa shape index (κ2) is 6.62. The van der Waals surface area contributed by atoms with Crippen molar-refractivity contribution in [2.75, 3.05) is 5.32 Å². The number of hydrogen-bond acceptors (Lipinski definition) is 3. The molecule has 0 radical (unpaired) electrons. The fourth-order valence-corrected chi connectivity index (χ4v) is 2.09. The molecule has 0 fully saturated rings. The van der Waals surface area contributed by atoms with Gasteiger partial charge in [0.25, 0.3) is 0 Å². The molecule has 1 atom stereocenters. The molecule has 0 saturated carbocycles. The number of ether oxygens (including phenoxy) is 1. The van der Waals surface area contributed by atoms with Crippen LogP contribution < -0.4 is 10.1 Å². The Balaban J connectivity index is 2.06. The van der Waals surface area contributed by atoms with Gasteiger partial charge in [-0.3, -0.25) is 0 Å². The van der Waals surface area contributed by atoms with Crippen LogP contribution in [0.4, 0.5) is 5.69 Å². The van der Waals surface area contributed by atoms with Gasteiger partial charge in [-0.15, -0.1) is 0 Å². The van der Waals surface area contributed by atoms with Crippen LogP contribution in [0.5, 0.6) is 5.75 Å². The van der Waals surface area contributed by atoms with E-state index >= 15 is 0 Å². The van der Waals surface area contributed by atoms with E-state index in [4.69, 9.17) is 16.3 Å². The molecule has 1 aromatic carbocycles. The van der Waals surface area contributed by atoms with Gasteiger partial charge in [-0.05, 0) is 50.6 Å². The number of nitrogens with one attached hydrogen (secondary N) is 1. The largest absolute Gasteiger partial charge is 0.491 e. The summed E-state index contributed by atoms with van der Waals surface area (Å²) in [5.74, 6) is 0.885. The minimum Gasteiger partial charge on any atom is -0.491 e. The van der Waals surface area contributed by atoms with Crippen molar-refractivity contribution < 1.29 is 4.74 Å². The first kappa shape index (κ1) is 14.7. The summed E-state index contributed by atoms with van der Waals surface area (Å²) in [6, 6.07) is 12.0. The Bertz CT molecular complexity index is 555. The topological polar surface area (TPSA) is 34.1 Å². The van der Waals surface area contributed by atoms with E-state index in [0.717, 1.165) is 11.4 Å². The van der Waals surface area contributed by atoms with Crippen molar-refractivity contribution in [1.29, 1.82) is 0 Å². The lowest BCUT2D eigenvalue weighted by atomic mass is 10.1. The van der Waals surface area contributed by atoms with Gasteiger partial charge in [0.15, 0.2) is 5.15 Å². The molecule has 1 unspecified atom stereocenters. The molecule has 1 N–H and O–H groups in total. The second-order valence-corrected chi connectivity index (χ2v) is 5.30. The van der Waals surface area contributed by atoms with E-state index in [-0.39, 0.29) is 12.1 Å². The summed E-state index contributed by atoms with van der Waals surface area (Å²) in [6.07, 6.45) is 1.86. The maximum atomic E-state index is 6.04. The van der Waals surface area contributed by atoms with Crippen LogP contribution in [0.3, 0.4) is 0 Å². The molecule has 0 aliphatic rings. The first-order valence-corrected chi connectivity index (χ1v) is 7.07. The lowest BCUT2D eigenvalue weighted by Crippen LogP contribution is -2.08. The number of aromatic nitrogens is 1. The molecule has 2 aromatic rings. The van der Waals surface area contributed by atoms with Crippen molar-refractivity contribution in [3.8, 4) is 5.75 Å². The highest BCUT2D eigenvalue weighted by molar-refractivity contribution is 6.31. The predicted molar refractivity (Wildman–Crippen MR) is 83.5 cm³/mol. The minimum absolute atomic E-state index is 0.143. The molecule has 1 heterocycles. The van der Waals surface area contributed by atoms with Crippen molar-refractivity contribution >= 4 is 17.3 Å². The third-order valence-corrected chi connectivity index (χ3v) is 3.18. The molecule has 1 aromatic heterocycles. The molecule has 0 aliphatic heterocycles. The number of hydrogen-bond donors (Lipinski definition) is 1. The van der Waals surface area contributed by atoms with E-state index < -0.39 is 0 Å². The Morgan fingerprint density at radius 2 is 1.80 bits per heavy atom. The molecule has 0 aliphatic carbocycles. The van der Waals surface area contributed by atoms with E-state index in [1.54, 1.807) is 6.20 Å². The number of benzene rings is 1. The summed E-state index contributed by atoms with van der Waals surface area (Å²) >= 11 is 6.04. The minimum atomic E-state index is 0.143. The van der Waals surface area contributed by atoms with E-state index in [2.05, 4.69) is 29.4 Å². The first-order chi connectivity index (χ1) is 9.56. The number of halogens is 1. The molecule has 0 saturated heterocycles. The van der Waals surface area contributed by atoms with Gasteiger partial charge in [-0.25, -0.2) is 4.98 Å². The van der Waals surface area contributed by atoms with Crippen LogP contribution in [-0.4, -0.2) is 11.1 Å². The molecule has 20 heavy (non-hydrogen) atoms. The summed E-state index contributed by atoms with van der Waals surface area (Å²) in [5, 5.41) is 3.84. The molecular formula is C16H19ClN2O. The van der Waals surface area contributed by atoms with Crippen LogP contribution in [0.2, 0.25) is 5.15 Å². The van der Waals surface area contributed by atoms with Crippen LogP contribution >= 0.6 is 11.6 Å². The van der Waals surface area contributed by atoms with E-state index in [0.29, 0.717) is 5.15 Å². The predicted octanol–water partition coefficient (Wildman–Crippen LogP) is 4.70. The maximum Gasteiger partial charge on any atom is 0.152 e. The molecule has 2 rings (SSSR count). The van der Waals surface area contributed by atoms with E-state index in [9.17, 15) is 0 Å². The number of pyridine rings is 1. The Hall–Kier alpha value is -1.74. The monoisotopic (exact) mass is 290 g/mol. The van der Waals surface area contributed by atoms with Crippen molar-refractivity contribution in [2.45, 2.75) is 32.9 Å². The molecule has 106 valence electrons. The third kappa shape index (κ3) is 3.87. The van der Waals surface area contributed by atoms with Crippen LogP contribution in [0.1, 0.15) is 32.4 Å². The average Bonchev–Trinajstić information content (AvgIpc) is 2.41. The number of nitrogens with zero attached hydrogens (tertiary/aromatic N) is 1. The number of anilines is 1. The van der Waals surface area contributed by atoms with Crippen LogP contribution in [-0.2, 0) is 0 Å². The molecule has 0 amide bonds. The first-order valence-electron chi connectivity index (χ1n) is 6.70. The van der Waals surface area contributed by atoms with Gasteiger partial charge in [0.2, 0.25) is 0 Å². The molecular weight excluding hydrogens is 272 g/mol. The summed E-state index contributed by atoms with van der Waals surface area (Å²) in [7, 11) is 0. The van der Waals surface area contributed by atoms with Crippen LogP contribution in [0.15, 0.2) is 42.6 Å². The summed E-state index contributed by atoms with van der Waals surface area (Å²) < 4.78 is 5.63. The molecule has 3 nitrogen and oxygen atoms in total. The van der Waals surface area contributed by atoms with E-state index in [1.807, 2.05) is 38.1 Å². The van der Waals surface area contributed by atoms with Gasteiger partial charge in [0, 0.05) is 12.2 Å². The van der Waals surface area contributed by atoms with Gasteiger partial charge in [0.05, 0.1) is 11.8 Å². The normalized spacial score (nSPS) is 12.2. The lowest BCUT2D eigenvalue weighted by Gasteiger charge is -2.17. The summed E-state index contributed by atoms with van der Waals surface area (Å²) in [4.78, 5) is 4.06. The van der Waals surface area contributed by atoms with Crippen molar-refractivity contribution in [2.24, 2.45) is 0 Å².